The molecule has 0 heterocycles. The van der Waals surface area contributed by atoms with Gasteiger partial charge in [0, 0.05) is 6.04 Å². The Hall–Kier alpha value is -1.69. The predicted molar refractivity (Wildman–Crippen MR) is 88.5 cm³/mol. The molecule has 3 N–H and O–H groups in total. The molecule has 1 aliphatic rings. The number of hydrazine groups is 1. The molecule has 4 nitrogen and oxygen atoms in total. The second-order valence-electron chi connectivity index (χ2n) is 5.82. The lowest BCUT2D eigenvalue weighted by Gasteiger charge is -2.30. The van der Waals surface area contributed by atoms with E-state index in [0.717, 1.165) is 12.0 Å². The topological polar surface area (TPSA) is 53.2 Å². The number of carbonyl (C=O) groups is 1. The van der Waals surface area contributed by atoms with Crippen LogP contribution in [0, 0.1) is 11.7 Å². The molecule has 0 radical (unpaired) electrons. The van der Waals surface area contributed by atoms with E-state index in [1.807, 2.05) is 0 Å². The number of rotatable bonds is 3. The number of thiocarbonyl (C=S) groups is 1. The van der Waals surface area contributed by atoms with Crippen LogP contribution in [0.4, 0.5) is 4.39 Å². The molecule has 1 fully saturated rings. The molecule has 0 bridgehead atoms. The smallest absolute Gasteiger partial charge is 0.242 e. The average molecular weight is 323 g/mol. The zero-order valence-electron chi connectivity index (χ0n) is 12.7. The summed E-state index contributed by atoms with van der Waals surface area (Å²) in [4.78, 5) is 11.8. The minimum atomic E-state index is -0.311. The van der Waals surface area contributed by atoms with E-state index in [1.54, 1.807) is 12.1 Å². The van der Waals surface area contributed by atoms with Crippen molar-refractivity contribution in [2.45, 2.75) is 45.1 Å². The van der Waals surface area contributed by atoms with Gasteiger partial charge < -0.3 is 5.32 Å². The van der Waals surface area contributed by atoms with Crippen molar-refractivity contribution in [2.24, 2.45) is 5.92 Å². The van der Waals surface area contributed by atoms with Gasteiger partial charge in [0.1, 0.15) is 5.82 Å². The van der Waals surface area contributed by atoms with Crippen molar-refractivity contribution in [3.8, 4) is 0 Å². The molecule has 1 aliphatic carbocycles. The van der Waals surface area contributed by atoms with Crippen LogP contribution in [0.5, 0.6) is 0 Å². The predicted octanol–water partition coefficient (Wildman–Crippen LogP) is 2.44. The van der Waals surface area contributed by atoms with Gasteiger partial charge in [0.25, 0.3) is 0 Å². The Morgan fingerprint density at radius 1 is 1.23 bits per heavy atom. The van der Waals surface area contributed by atoms with Crippen LogP contribution >= 0.6 is 12.2 Å². The van der Waals surface area contributed by atoms with Crippen LogP contribution in [-0.4, -0.2) is 17.1 Å². The van der Waals surface area contributed by atoms with Crippen LogP contribution in [0.3, 0.4) is 0 Å². The zero-order chi connectivity index (χ0) is 15.9. The monoisotopic (exact) mass is 323 g/mol. The van der Waals surface area contributed by atoms with Crippen LogP contribution in [0.1, 0.15) is 38.2 Å². The summed E-state index contributed by atoms with van der Waals surface area (Å²) >= 11 is 5.20. The SMILES string of the molecule is C[C@H]1CCCC[C@@H]1NC(=S)NNC(=O)Cc1ccc(F)cc1. The second-order valence-corrected chi connectivity index (χ2v) is 6.23. The quantitative estimate of drug-likeness (QED) is 0.591. The van der Waals surface area contributed by atoms with E-state index in [4.69, 9.17) is 12.2 Å². The molecule has 1 aromatic carbocycles. The Morgan fingerprint density at radius 3 is 2.59 bits per heavy atom. The van der Waals surface area contributed by atoms with E-state index < -0.39 is 0 Å². The van der Waals surface area contributed by atoms with E-state index in [-0.39, 0.29) is 18.1 Å². The van der Waals surface area contributed by atoms with Crippen LogP contribution in [-0.2, 0) is 11.2 Å². The van der Waals surface area contributed by atoms with E-state index in [9.17, 15) is 9.18 Å². The maximum Gasteiger partial charge on any atom is 0.242 e. The van der Waals surface area contributed by atoms with Gasteiger partial charge >= 0.3 is 0 Å². The fourth-order valence-corrected chi connectivity index (χ4v) is 2.90. The Kier molecular flexibility index (Phi) is 6.12. The number of hydrogen-bond acceptors (Lipinski definition) is 2. The second kappa shape index (κ2) is 8.08. The highest BCUT2D eigenvalue weighted by molar-refractivity contribution is 7.80. The largest absolute Gasteiger partial charge is 0.358 e. The van der Waals surface area contributed by atoms with Gasteiger partial charge in [0.15, 0.2) is 5.11 Å². The Labute approximate surface area is 135 Å². The molecule has 0 unspecified atom stereocenters. The standard InChI is InChI=1S/C16H22FN3OS/c1-11-4-2-3-5-14(11)18-16(22)20-19-15(21)10-12-6-8-13(17)9-7-12/h6-9,11,14H,2-5,10H2,1H3,(H,19,21)(H2,18,20,22)/t11-,14-/m0/s1. The van der Waals surface area contributed by atoms with Crippen molar-refractivity contribution in [2.75, 3.05) is 0 Å². The molecule has 120 valence electrons. The Bertz CT molecular complexity index is 521. The zero-order valence-corrected chi connectivity index (χ0v) is 13.5. The molecule has 0 spiro atoms. The van der Waals surface area contributed by atoms with Crippen molar-refractivity contribution in [3.05, 3.63) is 35.6 Å². The van der Waals surface area contributed by atoms with E-state index in [0.29, 0.717) is 17.1 Å². The van der Waals surface area contributed by atoms with Crippen molar-refractivity contribution in [1.29, 1.82) is 0 Å². The summed E-state index contributed by atoms with van der Waals surface area (Å²) in [5.74, 6) is 0.0603. The van der Waals surface area contributed by atoms with Crippen molar-refractivity contribution < 1.29 is 9.18 Å². The number of hydrogen-bond donors (Lipinski definition) is 3. The van der Waals surface area contributed by atoms with Crippen molar-refractivity contribution in [3.63, 3.8) is 0 Å². The summed E-state index contributed by atoms with van der Waals surface area (Å²) in [6.07, 6.45) is 4.97. The Balaban J connectivity index is 1.71. The fourth-order valence-electron chi connectivity index (χ4n) is 2.69. The number of benzene rings is 1. The van der Waals surface area contributed by atoms with Crippen LogP contribution in [0.2, 0.25) is 0 Å². The molecular weight excluding hydrogens is 301 g/mol. The number of amides is 1. The van der Waals surface area contributed by atoms with Gasteiger partial charge in [-0.1, -0.05) is 31.9 Å². The molecule has 22 heavy (non-hydrogen) atoms. The molecule has 0 aliphatic heterocycles. The third-order valence-corrected chi connectivity index (χ3v) is 4.24. The minimum Gasteiger partial charge on any atom is -0.358 e. The van der Waals surface area contributed by atoms with Crippen molar-refractivity contribution >= 4 is 23.2 Å². The summed E-state index contributed by atoms with van der Waals surface area (Å²) in [5, 5.41) is 3.69. The summed E-state index contributed by atoms with van der Waals surface area (Å²) in [7, 11) is 0. The van der Waals surface area contributed by atoms with Gasteiger partial charge in [-0.15, -0.1) is 0 Å². The molecule has 6 heteroatoms. The first-order valence-electron chi connectivity index (χ1n) is 7.64. The molecule has 0 aromatic heterocycles. The number of carbonyl (C=O) groups excluding carboxylic acids is 1. The number of halogens is 1. The molecular formula is C16H22FN3OS. The van der Waals surface area contributed by atoms with E-state index >= 15 is 0 Å². The normalized spacial score (nSPS) is 21.0. The van der Waals surface area contributed by atoms with E-state index in [1.165, 1.54) is 31.4 Å². The van der Waals surface area contributed by atoms with Gasteiger partial charge in [-0.25, -0.2) is 4.39 Å². The third-order valence-electron chi connectivity index (χ3n) is 4.02. The van der Waals surface area contributed by atoms with Crippen LogP contribution in [0.15, 0.2) is 24.3 Å². The van der Waals surface area contributed by atoms with Gasteiger partial charge in [0.05, 0.1) is 6.42 Å². The highest BCUT2D eigenvalue weighted by Crippen LogP contribution is 2.23. The van der Waals surface area contributed by atoms with Crippen LogP contribution < -0.4 is 16.2 Å². The lowest BCUT2D eigenvalue weighted by atomic mass is 9.86. The first-order chi connectivity index (χ1) is 10.5. The van der Waals surface area contributed by atoms with Gasteiger partial charge in [-0.05, 0) is 48.7 Å². The highest BCUT2D eigenvalue weighted by Gasteiger charge is 2.21. The van der Waals surface area contributed by atoms with Crippen LogP contribution in [0.25, 0.3) is 0 Å². The Morgan fingerprint density at radius 2 is 1.91 bits per heavy atom. The molecule has 1 amide bonds. The number of nitrogens with one attached hydrogen (secondary N) is 3. The molecule has 0 saturated heterocycles. The van der Waals surface area contributed by atoms with Gasteiger partial charge in [-0.2, -0.15) is 0 Å². The molecule has 2 rings (SSSR count). The summed E-state index contributed by atoms with van der Waals surface area (Å²) < 4.78 is 12.8. The fraction of sp³-hybridized carbons (Fsp3) is 0.500. The lowest BCUT2D eigenvalue weighted by Crippen LogP contribution is -2.51. The van der Waals surface area contributed by atoms with Gasteiger partial charge in [0.2, 0.25) is 5.91 Å². The average Bonchev–Trinajstić information content (AvgIpc) is 2.50. The van der Waals surface area contributed by atoms with Gasteiger partial charge in [-0.3, -0.25) is 15.6 Å². The maximum atomic E-state index is 12.8. The summed E-state index contributed by atoms with van der Waals surface area (Å²) in [5.41, 5.74) is 6.04. The highest BCUT2D eigenvalue weighted by atomic mass is 32.1. The summed E-state index contributed by atoms with van der Waals surface area (Å²) in [6.45, 7) is 2.21. The maximum absolute atomic E-state index is 12.8. The molecule has 1 saturated carbocycles. The first-order valence-corrected chi connectivity index (χ1v) is 8.05. The van der Waals surface area contributed by atoms with E-state index in [2.05, 4.69) is 23.1 Å². The molecule has 1 aromatic rings. The van der Waals surface area contributed by atoms with Crippen molar-refractivity contribution in [1.82, 2.24) is 16.2 Å². The lowest BCUT2D eigenvalue weighted by molar-refractivity contribution is -0.121. The third kappa shape index (κ3) is 5.26. The first kappa shape index (κ1) is 16.7. The summed E-state index contributed by atoms with van der Waals surface area (Å²) in [6, 6.07) is 6.23. The molecule has 2 atom stereocenters. The minimum absolute atomic E-state index is 0.176.